The number of benzene rings is 2. The molecule has 1 N–H and O–H groups in total. The predicted octanol–water partition coefficient (Wildman–Crippen LogP) is 2.97. The molecular formula is C28H29N3O7S2. The molecule has 0 unspecified atom stereocenters. The lowest BCUT2D eigenvalue weighted by atomic mass is 10.1. The van der Waals surface area contributed by atoms with E-state index < -0.39 is 40.3 Å². The van der Waals surface area contributed by atoms with E-state index in [0.717, 1.165) is 12.8 Å². The predicted molar refractivity (Wildman–Crippen MR) is 147 cm³/mol. The summed E-state index contributed by atoms with van der Waals surface area (Å²) in [6, 6.07) is 15.4. The number of rotatable bonds is 10. The van der Waals surface area contributed by atoms with E-state index in [4.69, 9.17) is 9.47 Å². The molecule has 12 heteroatoms. The first-order chi connectivity index (χ1) is 19.3. The van der Waals surface area contributed by atoms with E-state index in [1.54, 1.807) is 47.8 Å². The second-order valence-electron chi connectivity index (χ2n) is 9.48. The number of thiophene rings is 1. The maximum atomic E-state index is 14.0. The van der Waals surface area contributed by atoms with Gasteiger partial charge in [0.2, 0.25) is 11.8 Å². The zero-order chi connectivity index (χ0) is 28.3. The second kappa shape index (κ2) is 11.8. The molecule has 3 amide bonds. The van der Waals surface area contributed by atoms with Gasteiger partial charge in [0.05, 0.1) is 18.8 Å². The fraction of sp³-hybridized carbons (Fsp3) is 0.321. The van der Waals surface area contributed by atoms with Gasteiger partial charge in [-0.1, -0.05) is 30.3 Å². The number of hydrogen-bond acceptors (Lipinski definition) is 8. The highest BCUT2D eigenvalue weighted by atomic mass is 32.2. The molecule has 0 spiro atoms. The minimum atomic E-state index is -4.23. The van der Waals surface area contributed by atoms with Gasteiger partial charge in [0.25, 0.3) is 15.9 Å². The van der Waals surface area contributed by atoms with Crippen LogP contribution in [-0.2, 0) is 30.9 Å². The van der Waals surface area contributed by atoms with Crippen LogP contribution in [-0.4, -0.2) is 68.3 Å². The number of amides is 3. The highest BCUT2D eigenvalue weighted by Crippen LogP contribution is 2.32. The molecule has 40 heavy (non-hydrogen) atoms. The standard InChI is InChI=1S/C28H29N3O7S2/c1-37-20-8-4-7-19(15-20)17-30(25(32)18-31-28(34)22-10-2-3-12-24(22)40(31,35)36)26(23-11-6-14-39-23)27(33)29-16-21-9-5-13-38-21/h2-4,6-8,10-12,14-15,21,26H,5,9,13,16-18H2,1H3,(H,29,33)/t21-,26-/m1/s1. The summed E-state index contributed by atoms with van der Waals surface area (Å²) in [5.41, 5.74) is 0.679. The zero-order valence-corrected chi connectivity index (χ0v) is 23.4. The van der Waals surface area contributed by atoms with Gasteiger partial charge in [-0.15, -0.1) is 11.3 Å². The first-order valence-corrected chi connectivity index (χ1v) is 15.1. The quantitative estimate of drug-likeness (QED) is 0.389. The molecule has 1 fully saturated rings. The van der Waals surface area contributed by atoms with Crippen molar-refractivity contribution in [3.63, 3.8) is 0 Å². The Morgan fingerprint density at radius 3 is 2.70 bits per heavy atom. The van der Waals surface area contributed by atoms with Gasteiger partial charge in [0, 0.05) is 24.6 Å². The number of methoxy groups -OCH3 is 1. The number of carbonyl (C=O) groups is 3. The maximum absolute atomic E-state index is 14.0. The van der Waals surface area contributed by atoms with Gasteiger partial charge in [-0.2, -0.15) is 0 Å². The first-order valence-electron chi connectivity index (χ1n) is 12.8. The van der Waals surface area contributed by atoms with Crippen LogP contribution in [0.1, 0.15) is 39.7 Å². The summed E-state index contributed by atoms with van der Waals surface area (Å²) in [4.78, 5) is 42.5. The van der Waals surface area contributed by atoms with Crippen LogP contribution >= 0.6 is 11.3 Å². The number of sulfonamides is 1. The summed E-state index contributed by atoms with van der Waals surface area (Å²) >= 11 is 1.30. The molecule has 0 bridgehead atoms. The van der Waals surface area contributed by atoms with Crippen molar-refractivity contribution in [3.8, 4) is 5.75 Å². The summed E-state index contributed by atoms with van der Waals surface area (Å²) < 4.78 is 38.0. The molecule has 1 saturated heterocycles. The molecule has 0 saturated carbocycles. The number of ether oxygens (including phenoxy) is 2. The number of carbonyl (C=O) groups excluding carboxylic acids is 3. The summed E-state index contributed by atoms with van der Waals surface area (Å²) in [6.45, 7) is 0.147. The van der Waals surface area contributed by atoms with E-state index in [0.29, 0.717) is 27.1 Å². The molecule has 10 nitrogen and oxygen atoms in total. The van der Waals surface area contributed by atoms with Crippen molar-refractivity contribution in [1.82, 2.24) is 14.5 Å². The van der Waals surface area contributed by atoms with Crippen LogP contribution in [0.3, 0.4) is 0 Å². The van der Waals surface area contributed by atoms with E-state index in [9.17, 15) is 22.8 Å². The average molecular weight is 584 g/mol. The van der Waals surface area contributed by atoms with Gasteiger partial charge < -0.3 is 19.7 Å². The molecule has 3 aromatic rings. The van der Waals surface area contributed by atoms with Crippen LogP contribution in [0.2, 0.25) is 0 Å². The maximum Gasteiger partial charge on any atom is 0.269 e. The van der Waals surface area contributed by atoms with Crippen LogP contribution in [0.4, 0.5) is 0 Å². The van der Waals surface area contributed by atoms with E-state index in [1.165, 1.54) is 41.5 Å². The molecule has 1 aromatic heterocycles. The zero-order valence-electron chi connectivity index (χ0n) is 21.8. The molecule has 2 atom stereocenters. The number of hydrogen-bond donors (Lipinski definition) is 1. The number of nitrogens with zero attached hydrogens (tertiary/aromatic N) is 2. The first kappa shape index (κ1) is 27.8. The van der Waals surface area contributed by atoms with Gasteiger partial charge in [-0.25, -0.2) is 12.7 Å². The van der Waals surface area contributed by atoms with Gasteiger partial charge in [-0.05, 0) is 54.1 Å². The lowest BCUT2D eigenvalue weighted by Crippen LogP contribution is -2.48. The van der Waals surface area contributed by atoms with Crippen molar-refractivity contribution in [2.45, 2.75) is 36.4 Å². The highest BCUT2D eigenvalue weighted by Gasteiger charge is 2.43. The van der Waals surface area contributed by atoms with Crippen molar-refractivity contribution in [3.05, 3.63) is 82.0 Å². The molecule has 2 aliphatic heterocycles. The minimum Gasteiger partial charge on any atom is -0.497 e. The molecule has 3 heterocycles. The Kier molecular flexibility index (Phi) is 8.19. The van der Waals surface area contributed by atoms with Crippen molar-refractivity contribution in [2.24, 2.45) is 0 Å². The third kappa shape index (κ3) is 5.60. The molecule has 0 radical (unpaired) electrons. The summed E-state index contributed by atoms with van der Waals surface area (Å²) in [7, 11) is -2.70. The monoisotopic (exact) mass is 583 g/mol. The van der Waals surface area contributed by atoms with Gasteiger partial charge in [0.15, 0.2) is 0 Å². The molecule has 5 rings (SSSR count). The molecule has 2 aliphatic rings. The van der Waals surface area contributed by atoms with Gasteiger partial charge in [-0.3, -0.25) is 14.4 Å². The molecule has 210 valence electrons. The van der Waals surface area contributed by atoms with Gasteiger partial charge >= 0.3 is 0 Å². The van der Waals surface area contributed by atoms with E-state index in [2.05, 4.69) is 5.32 Å². The third-order valence-electron chi connectivity index (χ3n) is 6.90. The average Bonchev–Trinajstić information content (AvgIpc) is 3.72. The normalized spacial score (nSPS) is 18.3. The summed E-state index contributed by atoms with van der Waals surface area (Å²) in [5, 5.41) is 4.72. The topological polar surface area (TPSA) is 122 Å². The van der Waals surface area contributed by atoms with Crippen LogP contribution in [0.15, 0.2) is 70.9 Å². The summed E-state index contributed by atoms with van der Waals surface area (Å²) in [5.74, 6) is -1.33. The Bertz CT molecular complexity index is 1500. The van der Waals surface area contributed by atoms with E-state index in [-0.39, 0.29) is 29.7 Å². The highest BCUT2D eigenvalue weighted by molar-refractivity contribution is 7.90. The van der Waals surface area contributed by atoms with Crippen LogP contribution in [0.5, 0.6) is 5.75 Å². The van der Waals surface area contributed by atoms with E-state index >= 15 is 0 Å². The Hall–Kier alpha value is -3.74. The fourth-order valence-corrected chi connectivity index (χ4v) is 7.23. The van der Waals surface area contributed by atoms with E-state index in [1.807, 2.05) is 0 Å². The van der Waals surface area contributed by atoms with Crippen LogP contribution < -0.4 is 10.1 Å². The lowest BCUT2D eigenvalue weighted by Gasteiger charge is -2.32. The molecule has 0 aliphatic carbocycles. The largest absolute Gasteiger partial charge is 0.497 e. The fourth-order valence-electron chi connectivity index (χ4n) is 4.88. The Morgan fingerprint density at radius 1 is 1.18 bits per heavy atom. The molecular weight excluding hydrogens is 554 g/mol. The summed E-state index contributed by atoms with van der Waals surface area (Å²) in [6.07, 6.45) is 1.63. The Morgan fingerprint density at radius 2 is 2.00 bits per heavy atom. The Balaban J connectivity index is 1.48. The SMILES string of the molecule is COc1cccc(CN(C(=O)CN2C(=O)c3ccccc3S2(=O)=O)[C@@H](C(=O)NC[C@H]2CCCO2)c2cccs2)c1. The molecule has 2 aromatic carbocycles. The van der Waals surface area contributed by atoms with Crippen molar-refractivity contribution in [2.75, 3.05) is 26.8 Å². The minimum absolute atomic E-state index is 0.0127. The number of nitrogens with one attached hydrogen (secondary N) is 1. The lowest BCUT2D eigenvalue weighted by molar-refractivity contribution is -0.141. The third-order valence-corrected chi connectivity index (χ3v) is 9.61. The number of fused-ring (bicyclic) bond motifs is 1. The van der Waals surface area contributed by atoms with Crippen LogP contribution in [0.25, 0.3) is 0 Å². The Labute approximate surface area is 236 Å². The second-order valence-corrected chi connectivity index (χ2v) is 12.3. The van der Waals surface area contributed by atoms with Gasteiger partial charge in [0.1, 0.15) is 23.2 Å². The van der Waals surface area contributed by atoms with Crippen LogP contribution in [0, 0.1) is 0 Å². The van der Waals surface area contributed by atoms with Crippen molar-refractivity contribution < 1.29 is 32.3 Å². The van der Waals surface area contributed by atoms with Crippen molar-refractivity contribution in [1.29, 1.82) is 0 Å². The smallest absolute Gasteiger partial charge is 0.269 e. The van der Waals surface area contributed by atoms with Crippen molar-refractivity contribution >= 4 is 39.1 Å².